The van der Waals surface area contributed by atoms with Gasteiger partial charge in [0.2, 0.25) is 5.91 Å². The number of nitrogens with one attached hydrogen (secondary N) is 2. The van der Waals surface area contributed by atoms with E-state index in [4.69, 9.17) is 25.5 Å². The molecule has 0 atom stereocenters. The zero-order valence-electron chi connectivity index (χ0n) is 24.7. The van der Waals surface area contributed by atoms with Crippen LogP contribution in [0.4, 0.5) is 10.5 Å². The average Bonchev–Trinajstić information content (AvgIpc) is 2.88. The number of hydrogen-bond acceptors (Lipinski definition) is 8. The fourth-order valence-corrected chi connectivity index (χ4v) is 4.23. The Morgan fingerprint density at radius 1 is 1.02 bits per heavy atom. The molecule has 0 aliphatic rings. The molecular formula is C30H37ClN4O7. The molecule has 2 aromatic carbocycles. The molecule has 0 saturated heterocycles. The number of benzene rings is 2. The summed E-state index contributed by atoms with van der Waals surface area (Å²) in [6, 6.07) is 11.1. The van der Waals surface area contributed by atoms with Crippen molar-refractivity contribution in [3.8, 4) is 16.9 Å². The molecule has 3 rings (SSSR count). The van der Waals surface area contributed by atoms with E-state index in [1.807, 2.05) is 19.0 Å². The third-order valence-electron chi connectivity index (χ3n) is 5.93. The maximum atomic E-state index is 12.7. The van der Waals surface area contributed by atoms with E-state index < -0.39 is 17.3 Å². The number of nitrogens with zero attached hydrogens (tertiary/aromatic N) is 2. The molecule has 0 fully saturated rings. The molecule has 3 aromatic rings. The monoisotopic (exact) mass is 600 g/mol. The van der Waals surface area contributed by atoms with Crippen LogP contribution in [0.3, 0.4) is 0 Å². The fourth-order valence-electron chi connectivity index (χ4n) is 3.95. The number of rotatable bonds is 11. The average molecular weight is 601 g/mol. The van der Waals surface area contributed by atoms with E-state index in [1.165, 1.54) is 17.0 Å². The normalized spacial score (nSPS) is 11.3. The highest BCUT2D eigenvalue weighted by Crippen LogP contribution is 2.35. The highest BCUT2D eigenvalue weighted by molar-refractivity contribution is 6.34. The number of ether oxygens (including phenoxy) is 2. The lowest BCUT2D eigenvalue weighted by Crippen LogP contribution is -2.43. The summed E-state index contributed by atoms with van der Waals surface area (Å²) >= 11 is 6.55. The number of amides is 3. The van der Waals surface area contributed by atoms with Crippen molar-refractivity contribution in [3.63, 3.8) is 0 Å². The molecule has 0 saturated carbocycles. The first-order valence-corrected chi connectivity index (χ1v) is 13.8. The molecule has 1 aromatic heterocycles. The van der Waals surface area contributed by atoms with E-state index >= 15 is 0 Å². The van der Waals surface area contributed by atoms with E-state index in [0.29, 0.717) is 52.6 Å². The summed E-state index contributed by atoms with van der Waals surface area (Å²) in [6.07, 6.45) is -0.617. The van der Waals surface area contributed by atoms with E-state index in [9.17, 15) is 19.2 Å². The number of carbonyl (C=O) groups is 3. The van der Waals surface area contributed by atoms with Crippen molar-refractivity contribution in [1.29, 1.82) is 0 Å². The van der Waals surface area contributed by atoms with Gasteiger partial charge in [0.1, 0.15) is 16.9 Å². The second-order valence-corrected chi connectivity index (χ2v) is 11.2. The lowest BCUT2D eigenvalue weighted by atomic mass is 10.0. The molecule has 11 nitrogen and oxygen atoms in total. The second kappa shape index (κ2) is 14.2. The maximum absolute atomic E-state index is 12.7. The van der Waals surface area contributed by atoms with Gasteiger partial charge in [0.15, 0.2) is 6.61 Å². The smallest absolute Gasteiger partial charge is 0.412 e. The maximum Gasteiger partial charge on any atom is 0.412 e. The number of anilines is 1. The predicted molar refractivity (Wildman–Crippen MR) is 162 cm³/mol. The standard InChI is InChI=1S/C30H37ClN4O7/c1-7-35(17-26(36)32-12-13-34(5)6)27(37)18-40-20-9-11-22-23(16-28(38)41-25(22)15-20)21-10-8-19(14-24(21)31)33-29(39)42-30(2,3)4/h8-11,14-16H,7,12-13,17-18H2,1-6H3,(H,32,36)(H,33,39). The van der Waals surface area contributed by atoms with Crippen molar-refractivity contribution in [3.05, 3.63) is 57.9 Å². The van der Waals surface area contributed by atoms with Gasteiger partial charge in [-0.1, -0.05) is 17.7 Å². The molecule has 0 radical (unpaired) electrons. The Bertz CT molecular complexity index is 1500. The van der Waals surface area contributed by atoms with E-state index in [2.05, 4.69) is 10.6 Å². The Hall–Kier alpha value is -4.09. The minimum absolute atomic E-state index is 0.0745. The largest absolute Gasteiger partial charge is 0.484 e. The van der Waals surface area contributed by atoms with Gasteiger partial charge in [-0.05, 0) is 66.1 Å². The summed E-state index contributed by atoms with van der Waals surface area (Å²) in [4.78, 5) is 52.8. The topological polar surface area (TPSA) is 130 Å². The third kappa shape index (κ3) is 9.49. The summed E-state index contributed by atoms with van der Waals surface area (Å²) in [7, 11) is 3.81. The molecule has 1 heterocycles. The van der Waals surface area contributed by atoms with Crippen LogP contribution in [0.1, 0.15) is 27.7 Å². The zero-order chi connectivity index (χ0) is 31.0. The summed E-state index contributed by atoms with van der Waals surface area (Å²) in [5.41, 5.74) is 0.485. The molecule has 0 bridgehead atoms. The van der Waals surface area contributed by atoms with Crippen LogP contribution in [0.5, 0.6) is 5.75 Å². The van der Waals surface area contributed by atoms with Gasteiger partial charge in [-0.3, -0.25) is 14.9 Å². The number of fused-ring (bicyclic) bond motifs is 1. The molecule has 0 spiro atoms. The van der Waals surface area contributed by atoms with Gasteiger partial charge < -0.3 is 29.0 Å². The molecule has 12 heteroatoms. The van der Waals surface area contributed by atoms with Crippen molar-refractivity contribution < 1.29 is 28.3 Å². The highest BCUT2D eigenvalue weighted by atomic mass is 35.5. The number of halogens is 1. The second-order valence-electron chi connectivity index (χ2n) is 10.8. The van der Waals surface area contributed by atoms with Crippen molar-refractivity contribution in [2.75, 3.05) is 52.2 Å². The number of likely N-dealkylation sites (N-methyl/N-ethyl adjacent to an activating group) is 2. The lowest BCUT2D eigenvalue weighted by molar-refractivity contribution is -0.137. The van der Waals surface area contributed by atoms with Gasteiger partial charge in [-0.2, -0.15) is 0 Å². The fraction of sp³-hybridized carbons (Fsp3) is 0.400. The van der Waals surface area contributed by atoms with Crippen LogP contribution in [0.25, 0.3) is 22.1 Å². The molecule has 226 valence electrons. The van der Waals surface area contributed by atoms with Crippen LogP contribution in [-0.2, 0) is 14.3 Å². The SMILES string of the molecule is CCN(CC(=O)NCCN(C)C)C(=O)COc1ccc2c(-c3ccc(NC(=O)OC(C)(C)C)cc3Cl)cc(=O)oc2c1. The van der Waals surface area contributed by atoms with Crippen molar-refractivity contribution in [1.82, 2.24) is 15.1 Å². The van der Waals surface area contributed by atoms with Crippen LogP contribution >= 0.6 is 11.6 Å². The van der Waals surface area contributed by atoms with Crippen LogP contribution < -0.4 is 21.0 Å². The van der Waals surface area contributed by atoms with Gasteiger partial charge >= 0.3 is 11.7 Å². The lowest BCUT2D eigenvalue weighted by Gasteiger charge is -2.21. The summed E-state index contributed by atoms with van der Waals surface area (Å²) in [5.74, 6) is -0.299. The molecule has 0 aliphatic heterocycles. The first kappa shape index (κ1) is 32.4. The Kier molecular flexibility index (Phi) is 11.0. The Morgan fingerprint density at radius 3 is 2.40 bits per heavy atom. The van der Waals surface area contributed by atoms with Gasteiger partial charge in [0, 0.05) is 54.0 Å². The van der Waals surface area contributed by atoms with Gasteiger partial charge in [-0.15, -0.1) is 0 Å². The Balaban J connectivity index is 1.73. The Morgan fingerprint density at radius 2 is 1.76 bits per heavy atom. The van der Waals surface area contributed by atoms with E-state index in [-0.39, 0.29) is 30.5 Å². The molecule has 0 unspecified atom stereocenters. The summed E-state index contributed by atoms with van der Waals surface area (Å²) in [5, 5.41) is 6.31. The van der Waals surface area contributed by atoms with Gasteiger partial charge in [0.05, 0.1) is 11.6 Å². The first-order chi connectivity index (χ1) is 19.8. The molecule has 42 heavy (non-hydrogen) atoms. The van der Waals surface area contributed by atoms with Gasteiger partial charge in [0.25, 0.3) is 5.91 Å². The molecule has 0 aliphatic carbocycles. The van der Waals surface area contributed by atoms with Crippen LogP contribution in [0.2, 0.25) is 5.02 Å². The van der Waals surface area contributed by atoms with E-state index in [1.54, 1.807) is 58.0 Å². The number of carbonyl (C=O) groups excluding carboxylic acids is 3. The number of hydrogen-bond donors (Lipinski definition) is 2. The van der Waals surface area contributed by atoms with Crippen LogP contribution in [0.15, 0.2) is 51.7 Å². The summed E-state index contributed by atoms with van der Waals surface area (Å²) in [6.45, 7) is 8.21. The van der Waals surface area contributed by atoms with E-state index in [0.717, 1.165) is 0 Å². The zero-order valence-corrected chi connectivity index (χ0v) is 25.5. The summed E-state index contributed by atoms with van der Waals surface area (Å²) < 4.78 is 16.4. The minimum Gasteiger partial charge on any atom is -0.484 e. The van der Waals surface area contributed by atoms with Crippen molar-refractivity contribution in [2.24, 2.45) is 0 Å². The van der Waals surface area contributed by atoms with Crippen LogP contribution in [-0.4, -0.2) is 80.2 Å². The third-order valence-corrected chi connectivity index (χ3v) is 6.25. The molecule has 3 amide bonds. The van der Waals surface area contributed by atoms with Crippen molar-refractivity contribution in [2.45, 2.75) is 33.3 Å². The van der Waals surface area contributed by atoms with Crippen LogP contribution in [0, 0.1) is 0 Å². The first-order valence-electron chi connectivity index (χ1n) is 13.5. The predicted octanol–water partition coefficient (Wildman–Crippen LogP) is 4.37. The highest BCUT2D eigenvalue weighted by Gasteiger charge is 2.19. The van der Waals surface area contributed by atoms with Crippen molar-refractivity contribution >= 4 is 46.2 Å². The quantitative estimate of drug-likeness (QED) is 0.310. The van der Waals surface area contributed by atoms with Gasteiger partial charge in [-0.25, -0.2) is 9.59 Å². The Labute approximate surface area is 249 Å². The molecule has 2 N–H and O–H groups in total. The minimum atomic E-state index is -0.655. The molecular weight excluding hydrogens is 564 g/mol.